The molecular formula is C17H25N3O2S. The SMILES string of the molecule is CC(C)CN1C[C@@H](C(=O)N2CCCC[C@@H]2c2nccs2)CC1=O. The van der Waals surface area contributed by atoms with Gasteiger partial charge in [-0.1, -0.05) is 13.8 Å². The van der Waals surface area contributed by atoms with Gasteiger partial charge in [0.05, 0.1) is 12.0 Å². The van der Waals surface area contributed by atoms with Gasteiger partial charge in [0, 0.05) is 37.6 Å². The molecule has 0 unspecified atom stereocenters. The number of carbonyl (C=O) groups is 2. The summed E-state index contributed by atoms with van der Waals surface area (Å²) >= 11 is 1.62. The smallest absolute Gasteiger partial charge is 0.228 e. The van der Waals surface area contributed by atoms with Crippen LogP contribution in [0.1, 0.15) is 50.6 Å². The fourth-order valence-corrected chi connectivity index (χ4v) is 4.43. The highest BCUT2D eigenvalue weighted by molar-refractivity contribution is 7.09. The van der Waals surface area contributed by atoms with E-state index in [-0.39, 0.29) is 23.8 Å². The monoisotopic (exact) mass is 335 g/mol. The Balaban J connectivity index is 1.70. The van der Waals surface area contributed by atoms with E-state index in [1.165, 1.54) is 0 Å². The molecule has 2 aliphatic heterocycles. The maximum Gasteiger partial charge on any atom is 0.228 e. The van der Waals surface area contributed by atoms with E-state index in [0.29, 0.717) is 18.9 Å². The zero-order chi connectivity index (χ0) is 16.4. The van der Waals surface area contributed by atoms with Gasteiger partial charge < -0.3 is 9.80 Å². The zero-order valence-electron chi connectivity index (χ0n) is 13.9. The van der Waals surface area contributed by atoms with Crippen LogP contribution in [0, 0.1) is 11.8 Å². The predicted octanol–water partition coefficient (Wildman–Crippen LogP) is 2.70. The summed E-state index contributed by atoms with van der Waals surface area (Å²) in [5, 5.41) is 3.00. The molecule has 0 radical (unpaired) electrons. The molecule has 0 N–H and O–H groups in total. The molecular weight excluding hydrogens is 310 g/mol. The van der Waals surface area contributed by atoms with Crippen molar-refractivity contribution in [1.82, 2.24) is 14.8 Å². The van der Waals surface area contributed by atoms with Crippen LogP contribution in [0.3, 0.4) is 0 Å². The number of likely N-dealkylation sites (tertiary alicyclic amines) is 2. The first-order valence-electron chi connectivity index (χ1n) is 8.54. The number of carbonyl (C=O) groups excluding carboxylic acids is 2. The minimum Gasteiger partial charge on any atom is -0.342 e. The Morgan fingerprint density at radius 3 is 2.96 bits per heavy atom. The number of amides is 2. The lowest BCUT2D eigenvalue weighted by Crippen LogP contribution is -2.42. The molecule has 1 aromatic heterocycles. The molecule has 2 aliphatic rings. The molecule has 2 atom stereocenters. The third kappa shape index (κ3) is 3.57. The van der Waals surface area contributed by atoms with Crippen LogP contribution in [0.25, 0.3) is 0 Å². The number of hydrogen-bond donors (Lipinski definition) is 0. The van der Waals surface area contributed by atoms with E-state index >= 15 is 0 Å². The summed E-state index contributed by atoms with van der Waals surface area (Å²) in [6.45, 7) is 6.32. The number of aromatic nitrogens is 1. The Kier molecular flexibility index (Phi) is 4.99. The van der Waals surface area contributed by atoms with Crippen LogP contribution in [-0.2, 0) is 9.59 Å². The molecule has 6 heteroatoms. The molecule has 23 heavy (non-hydrogen) atoms. The van der Waals surface area contributed by atoms with Crippen LogP contribution < -0.4 is 0 Å². The van der Waals surface area contributed by atoms with Gasteiger partial charge in [0.15, 0.2) is 0 Å². The fourth-order valence-electron chi connectivity index (χ4n) is 3.64. The van der Waals surface area contributed by atoms with Crippen molar-refractivity contribution in [3.05, 3.63) is 16.6 Å². The first-order valence-corrected chi connectivity index (χ1v) is 9.42. The lowest BCUT2D eigenvalue weighted by molar-refractivity contribution is -0.139. The minimum atomic E-state index is -0.179. The second-order valence-electron chi connectivity index (χ2n) is 7.01. The van der Waals surface area contributed by atoms with Crippen molar-refractivity contribution in [3.63, 3.8) is 0 Å². The van der Waals surface area contributed by atoms with Gasteiger partial charge in [-0.05, 0) is 25.2 Å². The van der Waals surface area contributed by atoms with E-state index in [1.54, 1.807) is 17.5 Å². The molecule has 2 saturated heterocycles. The van der Waals surface area contributed by atoms with Crippen molar-refractivity contribution in [1.29, 1.82) is 0 Å². The summed E-state index contributed by atoms with van der Waals surface area (Å²) in [5.74, 6) is 0.525. The molecule has 3 rings (SSSR count). The van der Waals surface area contributed by atoms with Crippen molar-refractivity contribution < 1.29 is 9.59 Å². The molecule has 5 nitrogen and oxygen atoms in total. The van der Waals surface area contributed by atoms with Gasteiger partial charge in [0.25, 0.3) is 0 Å². The van der Waals surface area contributed by atoms with Crippen LogP contribution in [-0.4, -0.2) is 46.2 Å². The number of nitrogens with zero attached hydrogens (tertiary/aromatic N) is 3. The van der Waals surface area contributed by atoms with Gasteiger partial charge >= 0.3 is 0 Å². The molecule has 0 bridgehead atoms. The third-order valence-electron chi connectivity index (χ3n) is 4.67. The lowest BCUT2D eigenvalue weighted by Gasteiger charge is -2.36. The summed E-state index contributed by atoms with van der Waals surface area (Å²) in [6, 6.07) is 0.102. The van der Waals surface area contributed by atoms with Gasteiger partial charge in [0.1, 0.15) is 5.01 Å². The van der Waals surface area contributed by atoms with Gasteiger partial charge in [-0.25, -0.2) is 4.98 Å². The Labute approximate surface area is 141 Å². The standard InChI is InChI=1S/C17H25N3O2S/c1-12(2)10-19-11-13(9-15(19)21)17(22)20-7-4-3-5-14(20)16-18-6-8-23-16/h6,8,12-14H,3-5,7,9-11H2,1-2H3/t13-,14+/m0/s1. The van der Waals surface area contributed by atoms with Crippen LogP contribution in [0.5, 0.6) is 0 Å². The van der Waals surface area contributed by atoms with E-state index in [4.69, 9.17) is 0 Å². The van der Waals surface area contributed by atoms with E-state index in [0.717, 1.165) is 37.4 Å². The van der Waals surface area contributed by atoms with Crippen molar-refractivity contribution in [2.24, 2.45) is 11.8 Å². The van der Waals surface area contributed by atoms with E-state index in [9.17, 15) is 9.59 Å². The first kappa shape index (κ1) is 16.4. The first-order chi connectivity index (χ1) is 11.1. The maximum atomic E-state index is 13.0. The molecule has 2 amide bonds. The quantitative estimate of drug-likeness (QED) is 0.850. The normalized spacial score (nSPS) is 25.4. The number of piperidine rings is 1. The average molecular weight is 335 g/mol. The van der Waals surface area contributed by atoms with Gasteiger partial charge in [0.2, 0.25) is 11.8 Å². The highest BCUT2D eigenvalue weighted by atomic mass is 32.1. The van der Waals surface area contributed by atoms with Crippen molar-refractivity contribution >= 4 is 23.2 Å². The van der Waals surface area contributed by atoms with Gasteiger partial charge in [-0.15, -0.1) is 11.3 Å². The topological polar surface area (TPSA) is 53.5 Å². The van der Waals surface area contributed by atoms with Crippen molar-refractivity contribution in [2.75, 3.05) is 19.6 Å². The summed E-state index contributed by atoms with van der Waals surface area (Å²) in [5.41, 5.74) is 0. The minimum absolute atomic E-state index is 0.102. The Bertz CT molecular complexity index is 558. The van der Waals surface area contributed by atoms with E-state index < -0.39 is 0 Å². The number of hydrogen-bond acceptors (Lipinski definition) is 4. The van der Waals surface area contributed by atoms with Crippen LogP contribution in [0.2, 0.25) is 0 Å². The van der Waals surface area contributed by atoms with Crippen molar-refractivity contribution in [3.8, 4) is 0 Å². The van der Waals surface area contributed by atoms with E-state index in [2.05, 4.69) is 18.8 Å². The average Bonchev–Trinajstić information content (AvgIpc) is 3.17. The molecule has 1 aromatic rings. The van der Waals surface area contributed by atoms with Gasteiger partial charge in [-0.3, -0.25) is 9.59 Å². The molecule has 0 saturated carbocycles. The van der Waals surface area contributed by atoms with Gasteiger partial charge in [-0.2, -0.15) is 0 Å². The van der Waals surface area contributed by atoms with Crippen LogP contribution in [0.15, 0.2) is 11.6 Å². The molecule has 0 spiro atoms. The highest BCUT2D eigenvalue weighted by Crippen LogP contribution is 2.34. The summed E-state index contributed by atoms with van der Waals surface area (Å²) in [7, 11) is 0. The summed E-state index contributed by atoms with van der Waals surface area (Å²) in [6.07, 6.45) is 5.34. The zero-order valence-corrected chi connectivity index (χ0v) is 14.7. The Morgan fingerprint density at radius 2 is 2.26 bits per heavy atom. The summed E-state index contributed by atoms with van der Waals surface area (Å²) < 4.78 is 0. The second kappa shape index (κ2) is 6.99. The predicted molar refractivity (Wildman–Crippen MR) is 89.9 cm³/mol. The third-order valence-corrected chi connectivity index (χ3v) is 5.55. The van der Waals surface area contributed by atoms with Crippen molar-refractivity contribution in [2.45, 2.75) is 45.6 Å². The lowest BCUT2D eigenvalue weighted by atomic mass is 9.99. The number of thiazole rings is 1. The number of rotatable bonds is 4. The Hall–Kier alpha value is -1.43. The molecule has 126 valence electrons. The molecule has 0 aromatic carbocycles. The maximum absolute atomic E-state index is 13.0. The van der Waals surface area contributed by atoms with Crippen LogP contribution in [0.4, 0.5) is 0 Å². The Morgan fingerprint density at radius 1 is 1.43 bits per heavy atom. The molecule has 0 aliphatic carbocycles. The second-order valence-corrected chi connectivity index (χ2v) is 7.93. The largest absolute Gasteiger partial charge is 0.342 e. The molecule has 3 heterocycles. The van der Waals surface area contributed by atoms with Crippen LogP contribution >= 0.6 is 11.3 Å². The fraction of sp³-hybridized carbons (Fsp3) is 0.706. The van der Waals surface area contributed by atoms with E-state index in [1.807, 2.05) is 15.2 Å². The summed E-state index contributed by atoms with van der Waals surface area (Å²) in [4.78, 5) is 33.4. The molecule has 2 fully saturated rings. The highest BCUT2D eigenvalue weighted by Gasteiger charge is 2.39.